The van der Waals surface area contributed by atoms with Crippen LogP contribution in [0.5, 0.6) is 0 Å². The SMILES string of the molecule is N#Cc1c(Br)cccc1NC1CCCC1. The fraction of sp³-hybridized carbons (Fsp3) is 0.417. The van der Waals surface area contributed by atoms with Crippen LogP contribution in [0, 0.1) is 11.3 Å². The summed E-state index contributed by atoms with van der Waals surface area (Å²) in [5.74, 6) is 0. The van der Waals surface area contributed by atoms with Gasteiger partial charge in [-0.3, -0.25) is 0 Å². The second-order valence-electron chi connectivity index (χ2n) is 3.90. The molecule has 78 valence electrons. The molecule has 3 heteroatoms. The Hall–Kier alpha value is -1.01. The van der Waals surface area contributed by atoms with Gasteiger partial charge in [-0.1, -0.05) is 18.9 Å². The van der Waals surface area contributed by atoms with E-state index in [1.807, 2.05) is 18.2 Å². The second-order valence-corrected chi connectivity index (χ2v) is 4.75. The highest BCUT2D eigenvalue weighted by Crippen LogP contribution is 2.27. The maximum absolute atomic E-state index is 9.05. The molecule has 2 nitrogen and oxygen atoms in total. The van der Waals surface area contributed by atoms with Gasteiger partial charge < -0.3 is 5.32 Å². The molecule has 0 radical (unpaired) electrons. The Morgan fingerprint density at radius 2 is 2.07 bits per heavy atom. The summed E-state index contributed by atoms with van der Waals surface area (Å²) in [5.41, 5.74) is 1.67. The van der Waals surface area contributed by atoms with Crippen LogP contribution in [0.2, 0.25) is 0 Å². The summed E-state index contributed by atoms with van der Waals surface area (Å²) in [5, 5.41) is 12.5. The molecule has 15 heavy (non-hydrogen) atoms. The summed E-state index contributed by atoms with van der Waals surface area (Å²) < 4.78 is 0.869. The number of benzene rings is 1. The molecule has 0 spiro atoms. The molecular weight excluding hydrogens is 252 g/mol. The molecule has 1 aliphatic carbocycles. The summed E-state index contributed by atoms with van der Waals surface area (Å²) in [6.45, 7) is 0. The zero-order valence-corrected chi connectivity index (χ0v) is 10.0. The van der Waals surface area contributed by atoms with Crippen molar-refractivity contribution >= 4 is 21.6 Å². The lowest BCUT2D eigenvalue weighted by atomic mass is 10.1. The molecule has 1 N–H and O–H groups in total. The fourth-order valence-corrected chi connectivity index (χ4v) is 2.50. The quantitative estimate of drug-likeness (QED) is 0.885. The maximum atomic E-state index is 9.05. The van der Waals surface area contributed by atoms with Gasteiger partial charge in [0.2, 0.25) is 0 Å². The Morgan fingerprint density at radius 1 is 1.33 bits per heavy atom. The average Bonchev–Trinajstić information content (AvgIpc) is 2.71. The van der Waals surface area contributed by atoms with E-state index < -0.39 is 0 Å². The van der Waals surface area contributed by atoms with Crippen molar-refractivity contribution in [2.45, 2.75) is 31.7 Å². The van der Waals surface area contributed by atoms with Crippen LogP contribution in [0.3, 0.4) is 0 Å². The predicted octanol–water partition coefficient (Wildman–Crippen LogP) is 3.68. The van der Waals surface area contributed by atoms with Crippen molar-refractivity contribution in [3.05, 3.63) is 28.2 Å². The Labute approximate surface area is 98.4 Å². The van der Waals surface area contributed by atoms with E-state index in [0.29, 0.717) is 11.6 Å². The Kier molecular flexibility index (Phi) is 3.27. The first-order valence-electron chi connectivity index (χ1n) is 5.26. The standard InChI is InChI=1S/C12H13BrN2/c13-11-6-3-7-12(10(11)8-14)15-9-4-1-2-5-9/h3,6-7,9,15H,1-2,4-5H2. The van der Waals surface area contributed by atoms with Crippen molar-refractivity contribution in [2.75, 3.05) is 5.32 Å². The van der Waals surface area contributed by atoms with Crippen molar-refractivity contribution in [1.82, 2.24) is 0 Å². The highest BCUT2D eigenvalue weighted by molar-refractivity contribution is 9.10. The summed E-state index contributed by atoms with van der Waals surface area (Å²) in [6, 6.07) is 8.61. The minimum Gasteiger partial charge on any atom is -0.381 e. The lowest BCUT2D eigenvalue weighted by Gasteiger charge is -2.15. The van der Waals surface area contributed by atoms with E-state index in [9.17, 15) is 0 Å². The first kappa shape index (κ1) is 10.5. The zero-order chi connectivity index (χ0) is 10.7. The molecule has 2 rings (SSSR count). The van der Waals surface area contributed by atoms with Gasteiger partial charge in [-0.05, 0) is 40.9 Å². The van der Waals surface area contributed by atoms with Crippen molar-refractivity contribution < 1.29 is 0 Å². The van der Waals surface area contributed by atoms with Gasteiger partial charge in [-0.2, -0.15) is 5.26 Å². The van der Waals surface area contributed by atoms with Gasteiger partial charge in [-0.25, -0.2) is 0 Å². The molecule has 0 atom stereocenters. The minimum absolute atomic E-state index is 0.548. The van der Waals surface area contributed by atoms with Gasteiger partial charge >= 0.3 is 0 Å². The van der Waals surface area contributed by atoms with E-state index >= 15 is 0 Å². The van der Waals surface area contributed by atoms with Crippen LogP contribution >= 0.6 is 15.9 Å². The van der Waals surface area contributed by atoms with Crippen LogP contribution in [0.1, 0.15) is 31.2 Å². The zero-order valence-electron chi connectivity index (χ0n) is 8.46. The fourth-order valence-electron chi connectivity index (χ4n) is 2.05. The number of anilines is 1. The van der Waals surface area contributed by atoms with E-state index in [0.717, 1.165) is 10.2 Å². The van der Waals surface area contributed by atoms with Gasteiger partial charge in [0.15, 0.2) is 0 Å². The number of nitriles is 1. The number of nitrogens with one attached hydrogen (secondary N) is 1. The van der Waals surface area contributed by atoms with Gasteiger partial charge in [0.1, 0.15) is 6.07 Å². The molecule has 0 aromatic heterocycles. The maximum Gasteiger partial charge on any atom is 0.103 e. The number of halogens is 1. The molecule has 0 unspecified atom stereocenters. The van der Waals surface area contributed by atoms with Crippen molar-refractivity contribution in [1.29, 1.82) is 5.26 Å². The van der Waals surface area contributed by atoms with E-state index in [1.54, 1.807) is 0 Å². The molecular formula is C12H13BrN2. The number of nitrogens with zero attached hydrogens (tertiary/aromatic N) is 1. The van der Waals surface area contributed by atoms with Crippen molar-refractivity contribution in [3.63, 3.8) is 0 Å². The third-order valence-corrected chi connectivity index (χ3v) is 3.50. The van der Waals surface area contributed by atoms with Crippen molar-refractivity contribution in [3.8, 4) is 6.07 Å². The van der Waals surface area contributed by atoms with Gasteiger partial charge in [-0.15, -0.1) is 0 Å². The van der Waals surface area contributed by atoms with Crippen LogP contribution in [0.15, 0.2) is 22.7 Å². The van der Waals surface area contributed by atoms with Crippen LogP contribution in [0.25, 0.3) is 0 Å². The van der Waals surface area contributed by atoms with Crippen LogP contribution < -0.4 is 5.32 Å². The molecule has 1 aromatic carbocycles. The van der Waals surface area contributed by atoms with Crippen LogP contribution in [0.4, 0.5) is 5.69 Å². The van der Waals surface area contributed by atoms with E-state index in [2.05, 4.69) is 27.3 Å². The Balaban J connectivity index is 2.20. The van der Waals surface area contributed by atoms with Crippen molar-refractivity contribution in [2.24, 2.45) is 0 Å². The molecule has 1 aliphatic rings. The van der Waals surface area contributed by atoms with Gasteiger partial charge in [0.05, 0.1) is 11.3 Å². The minimum atomic E-state index is 0.548. The summed E-state index contributed by atoms with van der Waals surface area (Å²) in [7, 11) is 0. The topological polar surface area (TPSA) is 35.8 Å². The number of rotatable bonds is 2. The molecule has 1 saturated carbocycles. The highest BCUT2D eigenvalue weighted by atomic mass is 79.9. The third kappa shape index (κ3) is 2.32. The van der Waals surface area contributed by atoms with E-state index in [1.165, 1.54) is 25.7 Å². The molecule has 0 saturated heterocycles. The van der Waals surface area contributed by atoms with Gasteiger partial charge in [0, 0.05) is 10.5 Å². The first-order chi connectivity index (χ1) is 7.31. The molecule has 0 aliphatic heterocycles. The third-order valence-electron chi connectivity index (χ3n) is 2.84. The van der Waals surface area contributed by atoms with Gasteiger partial charge in [0.25, 0.3) is 0 Å². The molecule has 0 heterocycles. The normalized spacial score (nSPS) is 16.3. The Bertz CT molecular complexity index is 389. The largest absolute Gasteiger partial charge is 0.381 e. The summed E-state index contributed by atoms with van der Waals surface area (Å²) in [4.78, 5) is 0. The Morgan fingerprint density at radius 3 is 2.73 bits per heavy atom. The predicted molar refractivity (Wildman–Crippen MR) is 64.7 cm³/mol. The number of hydrogen-bond donors (Lipinski definition) is 1. The van der Waals surface area contributed by atoms with E-state index in [4.69, 9.17) is 5.26 Å². The lowest BCUT2D eigenvalue weighted by molar-refractivity contribution is 0.755. The molecule has 0 bridgehead atoms. The molecule has 1 aromatic rings. The van der Waals surface area contributed by atoms with Crippen LogP contribution in [-0.4, -0.2) is 6.04 Å². The highest BCUT2D eigenvalue weighted by Gasteiger charge is 2.16. The summed E-state index contributed by atoms with van der Waals surface area (Å²) in [6.07, 6.45) is 5.04. The number of hydrogen-bond acceptors (Lipinski definition) is 2. The smallest absolute Gasteiger partial charge is 0.103 e. The van der Waals surface area contributed by atoms with Crippen LogP contribution in [-0.2, 0) is 0 Å². The lowest BCUT2D eigenvalue weighted by Crippen LogP contribution is -2.15. The summed E-state index contributed by atoms with van der Waals surface area (Å²) >= 11 is 3.39. The van der Waals surface area contributed by atoms with E-state index in [-0.39, 0.29) is 0 Å². The monoisotopic (exact) mass is 264 g/mol. The first-order valence-corrected chi connectivity index (χ1v) is 6.05. The second kappa shape index (κ2) is 4.67. The average molecular weight is 265 g/mol. The molecule has 1 fully saturated rings. The molecule has 0 amide bonds.